The number of aliphatic hydroxyl groups excluding tert-OH is 1. The molecule has 4 rings (SSSR count). The zero-order valence-corrected chi connectivity index (χ0v) is 16.9. The lowest BCUT2D eigenvalue weighted by Gasteiger charge is -2.30. The minimum absolute atomic E-state index is 0.0640. The van der Waals surface area contributed by atoms with Gasteiger partial charge in [0.15, 0.2) is 5.65 Å². The van der Waals surface area contributed by atoms with E-state index in [2.05, 4.69) is 15.1 Å². The Balaban J connectivity index is 1.70. The van der Waals surface area contributed by atoms with Crippen LogP contribution in [0.4, 0.5) is 23.4 Å². The summed E-state index contributed by atoms with van der Waals surface area (Å²) in [5, 5.41) is 15.8. The van der Waals surface area contributed by atoms with Crippen molar-refractivity contribution in [3.8, 4) is 0 Å². The number of aromatic nitrogens is 4. The van der Waals surface area contributed by atoms with Crippen LogP contribution in [0, 0.1) is 5.82 Å². The number of hydrogen-bond donors (Lipinski definition) is 2. The molecule has 170 valence electrons. The first-order valence-electron chi connectivity index (χ1n) is 9.90. The first-order valence-corrected chi connectivity index (χ1v) is 9.90. The van der Waals surface area contributed by atoms with Crippen LogP contribution in [0.1, 0.15) is 41.7 Å². The third-order valence-corrected chi connectivity index (χ3v) is 5.53. The summed E-state index contributed by atoms with van der Waals surface area (Å²) in [5.41, 5.74) is 0.550. The van der Waals surface area contributed by atoms with Crippen molar-refractivity contribution < 1.29 is 27.5 Å². The molecule has 0 aromatic carbocycles. The Kier molecular flexibility index (Phi) is 5.71. The van der Waals surface area contributed by atoms with Crippen LogP contribution in [0.25, 0.3) is 5.65 Å². The van der Waals surface area contributed by atoms with Crippen molar-refractivity contribution >= 4 is 17.4 Å². The molecule has 0 radical (unpaired) electrons. The van der Waals surface area contributed by atoms with Crippen molar-refractivity contribution in [2.45, 2.75) is 44.1 Å². The quantitative estimate of drug-likeness (QED) is 0.578. The second-order valence-electron chi connectivity index (χ2n) is 7.62. The molecule has 0 bridgehead atoms. The third kappa shape index (κ3) is 4.09. The Bertz CT molecular complexity index is 1130. The molecule has 1 aliphatic rings. The number of alkyl halides is 3. The smallest absolute Gasteiger partial charge is 0.394 e. The molecule has 4 heterocycles. The molecule has 2 N–H and O–H groups in total. The summed E-state index contributed by atoms with van der Waals surface area (Å²) in [7, 11) is 0. The number of carbonyl (C=O) groups is 1. The van der Waals surface area contributed by atoms with E-state index in [1.165, 1.54) is 23.0 Å². The van der Waals surface area contributed by atoms with E-state index in [1.54, 1.807) is 6.07 Å². The highest BCUT2D eigenvalue weighted by Gasteiger charge is 2.38. The van der Waals surface area contributed by atoms with Crippen molar-refractivity contribution in [2.24, 2.45) is 0 Å². The lowest BCUT2D eigenvalue weighted by Crippen LogP contribution is -2.43. The van der Waals surface area contributed by atoms with Crippen LogP contribution in [0.5, 0.6) is 0 Å². The second-order valence-corrected chi connectivity index (χ2v) is 7.62. The van der Waals surface area contributed by atoms with Gasteiger partial charge in [-0.25, -0.2) is 13.9 Å². The van der Waals surface area contributed by atoms with Crippen molar-refractivity contribution in [3.63, 3.8) is 0 Å². The standard InChI is InChI=1S/C20H20F4N6O2/c1-11(20(22,23)24)27-19(32)15-9-26-29-5-4-17(28-18(15)29)30-14(10-31)2-3-16(30)12-6-13(21)8-25-7-12/h4-9,11,14,16,31H,2-3,10H2,1H3,(H,27,32)/t11?,14-,16+/m0/s1. The van der Waals surface area contributed by atoms with E-state index in [0.29, 0.717) is 24.2 Å². The minimum atomic E-state index is -4.59. The van der Waals surface area contributed by atoms with E-state index >= 15 is 0 Å². The van der Waals surface area contributed by atoms with Crippen molar-refractivity contribution in [1.29, 1.82) is 0 Å². The Labute approximate surface area is 179 Å². The van der Waals surface area contributed by atoms with Crippen LogP contribution >= 0.6 is 0 Å². The summed E-state index contributed by atoms with van der Waals surface area (Å²) in [5.74, 6) is -1.07. The van der Waals surface area contributed by atoms with Gasteiger partial charge in [0.2, 0.25) is 0 Å². The molecule has 1 fully saturated rings. The largest absolute Gasteiger partial charge is 0.408 e. The second kappa shape index (κ2) is 8.34. The SMILES string of the molecule is CC(NC(=O)c1cnn2ccc(N3[C@H](CO)CC[C@@H]3c3cncc(F)c3)nc12)C(F)(F)F. The number of aliphatic hydroxyl groups is 1. The van der Waals surface area contributed by atoms with Gasteiger partial charge < -0.3 is 15.3 Å². The van der Waals surface area contributed by atoms with Gasteiger partial charge in [-0.3, -0.25) is 9.78 Å². The Morgan fingerprint density at radius 1 is 1.31 bits per heavy atom. The highest BCUT2D eigenvalue weighted by atomic mass is 19.4. The first kappa shape index (κ1) is 21.9. The molecule has 1 aliphatic heterocycles. The van der Waals surface area contributed by atoms with Gasteiger partial charge in [-0.2, -0.15) is 18.3 Å². The van der Waals surface area contributed by atoms with E-state index in [4.69, 9.17) is 0 Å². The zero-order chi connectivity index (χ0) is 23.0. The summed E-state index contributed by atoms with van der Waals surface area (Å²) in [6, 6.07) is 0.294. The van der Waals surface area contributed by atoms with E-state index in [0.717, 1.165) is 19.3 Å². The number of nitrogens with zero attached hydrogens (tertiary/aromatic N) is 5. The summed E-state index contributed by atoms with van der Waals surface area (Å²) in [4.78, 5) is 22.6. The van der Waals surface area contributed by atoms with E-state index in [-0.39, 0.29) is 29.9 Å². The number of halogens is 4. The number of rotatable bonds is 5. The minimum Gasteiger partial charge on any atom is -0.394 e. The van der Waals surface area contributed by atoms with Crippen LogP contribution in [0.2, 0.25) is 0 Å². The Morgan fingerprint density at radius 2 is 2.09 bits per heavy atom. The van der Waals surface area contributed by atoms with Crippen molar-refractivity contribution in [1.82, 2.24) is 24.9 Å². The molecule has 0 saturated carbocycles. The number of pyridine rings is 1. The van der Waals surface area contributed by atoms with Gasteiger partial charge in [-0.05, 0) is 37.5 Å². The van der Waals surface area contributed by atoms with E-state index < -0.39 is 23.9 Å². The first-order chi connectivity index (χ1) is 15.2. The van der Waals surface area contributed by atoms with E-state index in [1.807, 2.05) is 10.2 Å². The summed E-state index contributed by atoms with van der Waals surface area (Å²) >= 11 is 0. The number of amides is 1. The van der Waals surface area contributed by atoms with Gasteiger partial charge in [0.25, 0.3) is 5.91 Å². The predicted molar refractivity (Wildman–Crippen MR) is 105 cm³/mol. The molecule has 3 atom stereocenters. The molecule has 1 saturated heterocycles. The summed E-state index contributed by atoms with van der Waals surface area (Å²) < 4.78 is 53.5. The Hall–Kier alpha value is -3.28. The van der Waals surface area contributed by atoms with Gasteiger partial charge in [-0.15, -0.1) is 0 Å². The number of carbonyl (C=O) groups excluding carboxylic acids is 1. The van der Waals surface area contributed by atoms with Gasteiger partial charge in [0, 0.05) is 12.4 Å². The molecule has 32 heavy (non-hydrogen) atoms. The molecule has 1 amide bonds. The number of fused-ring (bicyclic) bond motifs is 1. The summed E-state index contributed by atoms with van der Waals surface area (Å²) in [6.45, 7) is 0.665. The monoisotopic (exact) mass is 452 g/mol. The average Bonchev–Trinajstić information content (AvgIpc) is 3.36. The van der Waals surface area contributed by atoms with E-state index in [9.17, 15) is 27.5 Å². The highest BCUT2D eigenvalue weighted by Crippen LogP contribution is 2.39. The van der Waals surface area contributed by atoms with Crippen LogP contribution in [-0.4, -0.2) is 55.5 Å². The lowest BCUT2D eigenvalue weighted by molar-refractivity contribution is -0.149. The maximum Gasteiger partial charge on any atom is 0.408 e. The highest BCUT2D eigenvalue weighted by molar-refractivity contribution is 6.00. The molecule has 0 aliphatic carbocycles. The van der Waals surface area contributed by atoms with Gasteiger partial charge in [-0.1, -0.05) is 0 Å². The number of hydrogen-bond acceptors (Lipinski definition) is 6. The predicted octanol–water partition coefficient (Wildman–Crippen LogP) is 2.65. The van der Waals surface area contributed by atoms with Crippen LogP contribution in [0.15, 0.2) is 36.9 Å². The molecule has 12 heteroatoms. The zero-order valence-electron chi connectivity index (χ0n) is 16.9. The molecule has 3 aromatic heterocycles. The lowest BCUT2D eigenvalue weighted by atomic mass is 10.1. The van der Waals surface area contributed by atoms with Gasteiger partial charge in [0.1, 0.15) is 23.2 Å². The molecule has 0 spiro atoms. The molecular weight excluding hydrogens is 432 g/mol. The van der Waals surface area contributed by atoms with Gasteiger partial charge >= 0.3 is 6.18 Å². The van der Waals surface area contributed by atoms with Crippen molar-refractivity contribution in [3.05, 3.63) is 53.9 Å². The third-order valence-electron chi connectivity index (χ3n) is 5.53. The fraction of sp³-hybridized carbons (Fsp3) is 0.400. The summed E-state index contributed by atoms with van der Waals surface area (Å²) in [6.07, 6.45) is 1.93. The molecular formula is C20H20F4N6O2. The maximum absolute atomic E-state index is 13.7. The van der Waals surface area contributed by atoms with Gasteiger partial charge in [0.05, 0.1) is 31.1 Å². The topological polar surface area (TPSA) is 95.7 Å². The fourth-order valence-electron chi connectivity index (χ4n) is 3.87. The normalized spacial score (nSPS) is 20.0. The molecule has 8 nitrogen and oxygen atoms in total. The maximum atomic E-state index is 13.7. The Morgan fingerprint density at radius 3 is 2.78 bits per heavy atom. The van der Waals surface area contributed by atoms with Crippen LogP contribution in [-0.2, 0) is 0 Å². The number of anilines is 1. The van der Waals surface area contributed by atoms with Crippen LogP contribution < -0.4 is 10.2 Å². The fourth-order valence-corrected chi connectivity index (χ4v) is 3.87. The van der Waals surface area contributed by atoms with Crippen molar-refractivity contribution in [2.75, 3.05) is 11.5 Å². The molecule has 3 aromatic rings. The average molecular weight is 452 g/mol. The number of nitrogens with one attached hydrogen (secondary N) is 1. The molecule has 1 unspecified atom stereocenters. The van der Waals surface area contributed by atoms with Crippen LogP contribution in [0.3, 0.4) is 0 Å².